The SMILES string of the molecule is O=C(/C=C/c1ccc(Cl)cc1)NC[C@H](c1ccco1)[NH+]1CCOCC1. The lowest BCUT2D eigenvalue weighted by Gasteiger charge is -2.30. The molecule has 1 saturated heterocycles. The fourth-order valence-electron chi connectivity index (χ4n) is 2.93. The van der Waals surface area contributed by atoms with E-state index in [1.807, 2.05) is 24.3 Å². The molecule has 3 rings (SSSR count). The summed E-state index contributed by atoms with van der Waals surface area (Å²) in [6.07, 6.45) is 4.98. The second-order valence-corrected chi connectivity index (χ2v) is 6.41. The minimum Gasteiger partial charge on any atom is -0.463 e. The molecule has 0 unspecified atom stereocenters. The smallest absolute Gasteiger partial charge is 0.244 e. The summed E-state index contributed by atoms with van der Waals surface area (Å²) < 4.78 is 11.0. The number of halogens is 1. The number of hydrogen-bond acceptors (Lipinski definition) is 3. The third-order valence-corrected chi connectivity index (χ3v) is 4.54. The highest BCUT2D eigenvalue weighted by Gasteiger charge is 2.28. The van der Waals surface area contributed by atoms with Gasteiger partial charge in [0, 0.05) is 11.1 Å². The van der Waals surface area contributed by atoms with Gasteiger partial charge in [-0.2, -0.15) is 0 Å². The van der Waals surface area contributed by atoms with Gasteiger partial charge in [-0.15, -0.1) is 0 Å². The van der Waals surface area contributed by atoms with Crippen LogP contribution in [0.3, 0.4) is 0 Å². The normalized spacial score (nSPS) is 16.8. The molecule has 1 amide bonds. The van der Waals surface area contributed by atoms with Crippen molar-refractivity contribution >= 4 is 23.6 Å². The summed E-state index contributed by atoms with van der Waals surface area (Å²) >= 11 is 5.86. The molecule has 25 heavy (non-hydrogen) atoms. The van der Waals surface area contributed by atoms with Crippen molar-refractivity contribution in [2.24, 2.45) is 0 Å². The van der Waals surface area contributed by atoms with Crippen LogP contribution in [-0.2, 0) is 9.53 Å². The molecule has 0 bridgehead atoms. The number of hydrogen-bond donors (Lipinski definition) is 2. The van der Waals surface area contributed by atoms with Crippen LogP contribution in [0.4, 0.5) is 0 Å². The number of carbonyl (C=O) groups excluding carboxylic acids is 1. The molecule has 1 aromatic carbocycles. The van der Waals surface area contributed by atoms with Crippen molar-refractivity contribution in [1.82, 2.24) is 5.32 Å². The Kier molecular flexibility index (Phi) is 6.28. The highest BCUT2D eigenvalue weighted by atomic mass is 35.5. The highest BCUT2D eigenvalue weighted by Crippen LogP contribution is 2.11. The zero-order chi connectivity index (χ0) is 17.5. The largest absolute Gasteiger partial charge is 0.463 e. The van der Waals surface area contributed by atoms with Crippen LogP contribution in [0.2, 0.25) is 5.02 Å². The number of amides is 1. The number of rotatable bonds is 6. The average Bonchev–Trinajstić information content (AvgIpc) is 3.17. The van der Waals surface area contributed by atoms with Crippen molar-refractivity contribution in [2.75, 3.05) is 32.8 Å². The average molecular weight is 362 g/mol. The first-order valence-electron chi connectivity index (χ1n) is 8.39. The zero-order valence-electron chi connectivity index (χ0n) is 13.9. The Bertz CT molecular complexity index is 692. The number of quaternary nitrogens is 1. The molecule has 1 aliphatic rings. The maximum absolute atomic E-state index is 12.2. The van der Waals surface area contributed by atoms with Gasteiger partial charge in [-0.1, -0.05) is 23.7 Å². The first-order valence-corrected chi connectivity index (χ1v) is 8.77. The zero-order valence-corrected chi connectivity index (χ0v) is 14.7. The molecule has 2 N–H and O–H groups in total. The summed E-state index contributed by atoms with van der Waals surface area (Å²) in [6.45, 7) is 3.80. The van der Waals surface area contributed by atoms with Crippen LogP contribution >= 0.6 is 11.6 Å². The Labute approximate surface area is 152 Å². The summed E-state index contributed by atoms with van der Waals surface area (Å²) in [6, 6.07) is 11.3. The van der Waals surface area contributed by atoms with Crippen molar-refractivity contribution in [1.29, 1.82) is 0 Å². The van der Waals surface area contributed by atoms with Gasteiger partial charge < -0.3 is 19.4 Å². The molecule has 0 spiro atoms. The minimum absolute atomic E-state index is 0.0896. The van der Waals surface area contributed by atoms with Crippen LogP contribution in [0.5, 0.6) is 0 Å². The Balaban J connectivity index is 1.58. The molecule has 6 heteroatoms. The van der Waals surface area contributed by atoms with Crippen LogP contribution in [0, 0.1) is 0 Å². The number of benzene rings is 1. The molecule has 1 atom stereocenters. The van der Waals surface area contributed by atoms with E-state index in [0.29, 0.717) is 11.6 Å². The molecule has 0 radical (unpaired) electrons. The quantitative estimate of drug-likeness (QED) is 0.770. The van der Waals surface area contributed by atoms with E-state index in [-0.39, 0.29) is 11.9 Å². The van der Waals surface area contributed by atoms with E-state index >= 15 is 0 Å². The lowest BCUT2D eigenvalue weighted by Crippen LogP contribution is -3.15. The summed E-state index contributed by atoms with van der Waals surface area (Å²) in [5.41, 5.74) is 0.931. The van der Waals surface area contributed by atoms with Crippen molar-refractivity contribution < 1.29 is 18.8 Å². The van der Waals surface area contributed by atoms with Gasteiger partial charge in [0.1, 0.15) is 13.1 Å². The van der Waals surface area contributed by atoms with Gasteiger partial charge in [0.2, 0.25) is 5.91 Å². The van der Waals surface area contributed by atoms with Gasteiger partial charge in [-0.25, -0.2) is 0 Å². The maximum atomic E-state index is 12.2. The van der Waals surface area contributed by atoms with E-state index in [9.17, 15) is 4.79 Å². The Morgan fingerprint density at radius 2 is 2.00 bits per heavy atom. The Morgan fingerprint density at radius 1 is 1.24 bits per heavy atom. The summed E-state index contributed by atoms with van der Waals surface area (Å²) in [7, 11) is 0. The third-order valence-electron chi connectivity index (χ3n) is 4.29. The molecule has 0 aliphatic carbocycles. The monoisotopic (exact) mass is 361 g/mol. The van der Waals surface area contributed by atoms with E-state index in [2.05, 4.69) is 5.32 Å². The summed E-state index contributed by atoms with van der Waals surface area (Å²) in [5.74, 6) is 0.762. The lowest BCUT2D eigenvalue weighted by molar-refractivity contribution is -0.938. The van der Waals surface area contributed by atoms with E-state index in [1.165, 1.54) is 11.0 Å². The van der Waals surface area contributed by atoms with E-state index in [0.717, 1.165) is 37.6 Å². The van der Waals surface area contributed by atoms with E-state index in [4.69, 9.17) is 20.8 Å². The number of nitrogens with one attached hydrogen (secondary N) is 2. The summed E-state index contributed by atoms with van der Waals surface area (Å²) in [5, 5.41) is 3.65. The Hall–Kier alpha value is -2.08. The fourth-order valence-corrected chi connectivity index (χ4v) is 3.05. The molecular weight excluding hydrogens is 340 g/mol. The first-order chi connectivity index (χ1) is 12.2. The standard InChI is InChI=1S/C19H21ClN2O3/c20-16-6-3-15(4-7-16)5-8-19(23)21-14-17(18-2-1-11-25-18)22-9-12-24-13-10-22/h1-8,11,17H,9-10,12-14H2,(H,21,23)/p+1/b8-5+/t17-/m1/s1. The van der Waals surface area contributed by atoms with Crippen LogP contribution in [0.15, 0.2) is 53.2 Å². The van der Waals surface area contributed by atoms with E-state index in [1.54, 1.807) is 24.5 Å². The van der Waals surface area contributed by atoms with Crippen LogP contribution in [0.1, 0.15) is 17.4 Å². The van der Waals surface area contributed by atoms with Crippen LogP contribution < -0.4 is 10.2 Å². The molecule has 1 aromatic heterocycles. The molecule has 132 valence electrons. The van der Waals surface area contributed by atoms with Gasteiger partial charge in [0.15, 0.2) is 11.8 Å². The predicted octanol–water partition coefficient (Wildman–Crippen LogP) is 1.72. The second-order valence-electron chi connectivity index (χ2n) is 5.97. The molecule has 2 heterocycles. The third kappa shape index (κ3) is 5.19. The predicted molar refractivity (Wildman–Crippen MR) is 96.5 cm³/mol. The van der Waals surface area contributed by atoms with Gasteiger partial charge in [0.25, 0.3) is 0 Å². The minimum atomic E-state index is -0.126. The highest BCUT2D eigenvalue weighted by molar-refractivity contribution is 6.30. The second kappa shape index (κ2) is 8.85. The Morgan fingerprint density at radius 3 is 2.68 bits per heavy atom. The molecule has 1 fully saturated rings. The maximum Gasteiger partial charge on any atom is 0.244 e. The molecule has 0 saturated carbocycles. The number of morpholine rings is 1. The fraction of sp³-hybridized carbons (Fsp3) is 0.316. The number of ether oxygens (including phenoxy) is 1. The van der Waals surface area contributed by atoms with Gasteiger partial charge >= 0.3 is 0 Å². The van der Waals surface area contributed by atoms with Crippen LogP contribution in [0.25, 0.3) is 6.08 Å². The van der Waals surface area contributed by atoms with E-state index < -0.39 is 0 Å². The summed E-state index contributed by atoms with van der Waals surface area (Å²) in [4.78, 5) is 13.5. The number of carbonyl (C=O) groups is 1. The molecule has 2 aromatic rings. The lowest BCUT2D eigenvalue weighted by atomic mass is 10.1. The first kappa shape index (κ1) is 17.7. The van der Waals surface area contributed by atoms with Crippen molar-refractivity contribution in [2.45, 2.75) is 6.04 Å². The van der Waals surface area contributed by atoms with Crippen molar-refractivity contribution in [3.63, 3.8) is 0 Å². The number of furan rings is 1. The van der Waals surface area contributed by atoms with Gasteiger partial charge in [0.05, 0.1) is 26.0 Å². The van der Waals surface area contributed by atoms with Gasteiger partial charge in [-0.3, -0.25) is 4.79 Å². The molecule has 5 nitrogen and oxygen atoms in total. The molecule has 1 aliphatic heterocycles. The van der Waals surface area contributed by atoms with Crippen molar-refractivity contribution in [3.05, 3.63) is 65.1 Å². The van der Waals surface area contributed by atoms with Gasteiger partial charge in [-0.05, 0) is 35.9 Å². The molecular formula is C19H22ClN2O3+. The van der Waals surface area contributed by atoms with Crippen molar-refractivity contribution in [3.8, 4) is 0 Å². The van der Waals surface area contributed by atoms with Crippen LogP contribution in [-0.4, -0.2) is 38.8 Å². The topological polar surface area (TPSA) is 55.9 Å².